The minimum atomic E-state index is -3.59. The molecule has 1 rings (SSSR count). The van der Waals surface area contributed by atoms with Crippen LogP contribution in [-0.2, 0) is 30.8 Å². The van der Waals surface area contributed by atoms with Crippen LogP contribution < -0.4 is 15.9 Å². The highest BCUT2D eigenvalue weighted by atomic mass is 32.2. The van der Waals surface area contributed by atoms with E-state index in [2.05, 4.69) is 15.1 Å². The second-order valence-corrected chi connectivity index (χ2v) is 8.33. The van der Waals surface area contributed by atoms with Crippen LogP contribution in [-0.4, -0.2) is 52.0 Å². The second kappa shape index (κ2) is 12.9. The molecule has 0 aromatic heterocycles. The molecule has 0 saturated carbocycles. The highest BCUT2D eigenvalue weighted by Crippen LogP contribution is 2.07. The molecule has 0 bridgehead atoms. The number of sulfonamides is 1. The number of rotatable bonds is 13. The van der Waals surface area contributed by atoms with E-state index in [0.29, 0.717) is 6.54 Å². The van der Waals surface area contributed by atoms with Crippen molar-refractivity contribution in [2.45, 2.75) is 45.1 Å². The lowest BCUT2D eigenvalue weighted by Crippen LogP contribution is -2.46. The Hall–Kier alpha value is -2.46. The molecule has 0 radical (unpaired) electrons. The molecule has 1 atom stereocenters. The van der Waals surface area contributed by atoms with Crippen molar-refractivity contribution in [1.82, 2.24) is 10.0 Å². The fraction of sp³-hybridized carbons (Fsp3) is 0.526. The van der Waals surface area contributed by atoms with Crippen LogP contribution in [0, 0.1) is 0 Å². The number of hydrogen-bond donors (Lipinski definition) is 3. The largest absolute Gasteiger partial charge is 0.466 e. The summed E-state index contributed by atoms with van der Waals surface area (Å²) in [7, 11) is -3.59. The summed E-state index contributed by atoms with van der Waals surface area (Å²) < 4.78 is 30.1. The molecule has 0 aliphatic heterocycles. The Bertz CT molecular complexity index is 778. The van der Waals surface area contributed by atoms with Gasteiger partial charge in [-0.2, -0.15) is 5.10 Å². The average molecular weight is 427 g/mol. The number of amides is 1. The Morgan fingerprint density at radius 3 is 2.52 bits per heavy atom. The van der Waals surface area contributed by atoms with Crippen LogP contribution in [0.5, 0.6) is 0 Å². The van der Waals surface area contributed by atoms with Crippen molar-refractivity contribution in [3.8, 4) is 0 Å². The van der Waals surface area contributed by atoms with Crippen molar-refractivity contribution >= 4 is 28.1 Å². The van der Waals surface area contributed by atoms with Crippen LogP contribution in [0.3, 0.4) is 0 Å². The summed E-state index contributed by atoms with van der Waals surface area (Å²) >= 11 is 0. The van der Waals surface area contributed by atoms with Crippen LogP contribution >= 0.6 is 0 Å². The molecular formula is C19H30N4O5S. The Balaban J connectivity index is 2.41. The van der Waals surface area contributed by atoms with Gasteiger partial charge in [0.05, 0.1) is 19.1 Å². The van der Waals surface area contributed by atoms with E-state index < -0.39 is 27.9 Å². The SMILES string of the molecule is CCOC(=O)CC[C@@H](NS(C)(=O)=O)C(=O)NCCCCc1ccc(C=NN)cc1. The molecule has 0 fully saturated rings. The summed E-state index contributed by atoms with van der Waals surface area (Å²) in [5.74, 6) is 4.19. The first-order chi connectivity index (χ1) is 13.7. The Morgan fingerprint density at radius 1 is 1.24 bits per heavy atom. The van der Waals surface area contributed by atoms with Crippen LogP contribution in [0.1, 0.15) is 43.7 Å². The van der Waals surface area contributed by atoms with Gasteiger partial charge in [-0.1, -0.05) is 24.3 Å². The van der Waals surface area contributed by atoms with Crippen LogP contribution in [0.25, 0.3) is 0 Å². The lowest BCUT2D eigenvalue weighted by atomic mass is 10.1. The van der Waals surface area contributed by atoms with Crippen molar-refractivity contribution in [3.05, 3.63) is 35.4 Å². The number of esters is 1. The quantitative estimate of drug-likeness (QED) is 0.139. The van der Waals surface area contributed by atoms with Crippen LogP contribution in [0.4, 0.5) is 0 Å². The standard InChI is InChI=1S/C19H30N4O5S/c1-3-28-18(24)12-11-17(23-29(2,26)27)19(25)21-13-5-4-6-15-7-9-16(10-8-15)14-22-20/h7-10,14,17,23H,3-6,11-13,20H2,1-2H3,(H,21,25)/t17-/m1/s1. The number of hydrogen-bond acceptors (Lipinski definition) is 7. The van der Waals surface area contributed by atoms with Gasteiger partial charge in [-0.05, 0) is 43.7 Å². The number of carbonyl (C=O) groups excluding carboxylic acids is 2. The van der Waals surface area contributed by atoms with Gasteiger partial charge in [-0.25, -0.2) is 13.1 Å². The maximum atomic E-state index is 12.3. The zero-order valence-electron chi connectivity index (χ0n) is 16.9. The first-order valence-corrected chi connectivity index (χ1v) is 11.4. The first-order valence-electron chi connectivity index (χ1n) is 9.48. The van der Waals surface area contributed by atoms with E-state index >= 15 is 0 Å². The Morgan fingerprint density at radius 2 is 1.93 bits per heavy atom. The minimum absolute atomic E-state index is 0.0379. The van der Waals surface area contributed by atoms with Gasteiger partial charge in [-0.3, -0.25) is 9.59 Å². The normalized spacial score (nSPS) is 12.6. The Kier molecular flexibility index (Phi) is 10.9. The minimum Gasteiger partial charge on any atom is -0.466 e. The lowest BCUT2D eigenvalue weighted by Gasteiger charge is -2.17. The van der Waals surface area contributed by atoms with Gasteiger partial charge in [-0.15, -0.1) is 0 Å². The molecule has 0 spiro atoms. The number of nitrogens with one attached hydrogen (secondary N) is 2. The van der Waals surface area contributed by atoms with E-state index in [9.17, 15) is 18.0 Å². The van der Waals surface area contributed by atoms with E-state index in [1.54, 1.807) is 13.1 Å². The number of aryl methyl sites for hydroxylation is 1. The van der Waals surface area contributed by atoms with E-state index in [1.807, 2.05) is 24.3 Å². The van der Waals surface area contributed by atoms with Crippen molar-refractivity contribution in [2.24, 2.45) is 10.9 Å². The molecule has 1 aromatic rings. The van der Waals surface area contributed by atoms with Gasteiger partial charge in [0.2, 0.25) is 15.9 Å². The summed E-state index contributed by atoms with van der Waals surface area (Å²) in [6, 6.07) is 6.84. The first kappa shape index (κ1) is 24.6. The third-order valence-electron chi connectivity index (χ3n) is 4.01. The topological polar surface area (TPSA) is 140 Å². The summed E-state index contributed by atoms with van der Waals surface area (Å²) in [4.78, 5) is 23.8. The molecule has 29 heavy (non-hydrogen) atoms. The Labute approximate surface area is 172 Å². The predicted octanol–water partition coefficient (Wildman–Crippen LogP) is 0.679. The van der Waals surface area contributed by atoms with Gasteiger partial charge >= 0.3 is 5.97 Å². The molecule has 9 nitrogen and oxygen atoms in total. The average Bonchev–Trinajstić information content (AvgIpc) is 2.65. The van der Waals surface area contributed by atoms with Crippen LogP contribution in [0.2, 0.25) is 0 Å². The number of nitrogens with two attached hydrogens (primary N) is 1. The highest BCUT2D eigenvalue weighted by Gasteiger charge is 2.23. The van der Waals surface area contributed by atoms with Gasteiger partial charge in [0.1, 0.15) is 6.04 Å². The molecule has 0 saturated heterocycles. The molecule has 0 heterocycles. The molecule has 4 N–H and O–H groups in total. The summed E-state index contributed by atoms with van der Waals surface area (Å²) in [5.41, 5.74) is 2.09. The zero-order chi connectivity index (χ0) is 21.7. The fourth-order valence-electron chi connectivity index (χ4n) is 2.64. The van der Waals surface area contributed by atoms with E-state index in [4.69, 9.17) is 10.6 Å². The molecule has 10 heteroatoms. The fourth-order valence-corrected chi connectivity index (χ4v) is 3.38. The summed E-state index contributed by atoms with van der Waals surface area (Å²) in [5, 5.41) is 6.20. The molecular weight excluding hydrogens is 396 g/mol. The predicted molar refractivity (Wildman–Crippen MR) is 112 cm³/mol. The van der Waals surface area contributed by atoms with Crippen molar-refractivity contribution in [2.75, 3.05) is 19.4 Å². The highest BCUT2D eigenvalue weighted by molar-refractivity contribution is 7.88. The molecule has 1 amide bonds. The van der Waals surface area contributed by atoms with E-state index in [0.717, 1.165) is 36.6 Å². The number of hydrazone groups is 1. The van der Waals surface area contributed by atoms with E-state index in [-0.39, 0.29) is 19.4 Å². The smallest absolute Gasteiger partial charge is 0.305 e. The zero-order valence-corrected chi connectivity index (χ0v) is 17.7. The van der Waals surface area contributed by atoms with Gasteiger partial charge in [0.25, 0.3) is 0 Å². The molecule has 0 aliphatic carbocycles. The maximum absolute atomic E-state index is 12.3. The van der Waals surface area contributed by atoms with Crippen molar-refractivity contribution < 1.29 is 22.7 Å². The molecule has 0 unspecified atom stereocenters. The summed E-state index contributed by atoms with van der Waals surface area (Å²) in [6.07, 6.45) is 4.99. The third kappa shape index (κ3) is 11.2. The molecule has 162 valence electrons. The van der Waals surface area contributed by atoms with Crippen LogP contribution in [0.15, 0.2) is 29.4 Å². The number of benzene rings is 1. The van der Waals surface area contributed by atoms with Gasteiger partial charge < -0.3 is 15.9 Å². The molecule has 0 aliphatic rings. The van der Waals surface area contributed by atoms with Gasteiger partial charge in [0.15, 0.2) is 0 Å². The number of carbonyl (C=O) groups is 2. The van der Waals surface area contributed by atoms with Gasteiger partial charge in [0, 0.05) is 13.0 Å². The maximum Gasteiger partial charge on any atom is 0.305 e. The molecule has 1 aromatic carbocycles. The number of nitrogens with zero attached hydrogens (tertiary/aromatic N) is 1. The van der Waals surface area contributed by atoms with Crippen molar-refractivity contribution in [1.29, 1.82) is 0 Å². The van der Waals surface area contributed by atoms with E-state index in [1.165, 1.54) is 0 Å². The number of ether oxygens (including phenoxy) is 1. The third-order valence-corrected chi connectivity index (χ3v) is 4.72. The number of unbranched alkanes of at least 4 members (excludes halogenated alkanes) is 1. The lowest BCUT2D eigenvalue weighted by molar-refractivity contribution is -0.143. The monoisotopic (exact) mass is 426 g/mol. The van der Waals surface area contributed by atoms with Crippen molar-refractivity contribution in [3.63, 3.8) is 0 Å². The second-order valence-electron chi connectivity index (χ2n) is 6.55. The summed E-state index contributed by atoms with van der Waals surface area (Å²) in [6.45, 7) is 2.33.